The Hall–Kier alpha value is -1.58. The number of carbonyl (C=O) groups excluding carboxylic acids is 1. The molecule has 1 rings (SSSR count). The first-order valence-corrected chi connectivity index (χ1v) is 3.14. The molecule has 1 amide bonds. The van der Waals surface area contributed by atoms with Gasteiger partial charge >= 0.3 is 0 Å². The van der Waals surface area contributed by atoms with E-state index in [2.05, 4.69) is 10.3 Å². The number of hydrogen-bond acceptors (Lipinski definition) is 2. The summed E-state index contributed by atoms with van der Waals surface area (Å²) in [4.78, 5) is 14.3. The first-order valence-electron chi connectivity index (χ1n) is 3.14. The van der Waals surface area contributed by atoms with Gasteiger partial charge in [-0.2, -0.15) is 0 Å². The third-order valence-electron chi connectivity index (χ3n) is 1.07. The van der Waals surface area contributed by atoms with E-state index in [1.807, 2.05) is 0 Å². The number of anilines is 1. The fraction of sp³-hybridized carbons (Fsp3) is 0.143. The van der Waals surface area contributed by atoms with Crippen LogP contribution in [0.5, 0.6) is 0 Å². The molecule has 4 heteroatoms. The van der Waals surface area contributed by atoms with E-state index >= 15 is 0 Å². The Morgan fingerprint density at radius 3 is 2.82 bits per heavy atom. The van der Waals surface area contributed by atoms with E-state index in [9.17, 15) is 4.79 Å². The van der Waals surface area contributed by atoms with Crippen molar-refractivity contribution in [3.8, 4) is 0 Å². The lowest BCUT2D eigenvalue weighted by atomic mass is 10.4. The van der Waals surface area contributed by atoms with Crippen LogP contribution in [0.3, 0.4) is 0 Å². The van der Waals surface area contributed by atoms with E-state index in [1.54, 1.807) is 12.1 Å². The van der Waals surface area contributed by atoms with Crippen molar-refractivity contribution < 1.29 is 4.79 Å². The zero-order chi connectivity index (χ0) is 8.27. The number of nitrogens with zero attached hydrogens (tertiary/aromatic N) is 1. The zero-order valence-corrected chi connectivity index (χ0v) is 6.09. The minimum Gasteiger partial charge on any atom is -0.311 e. The van der Waals surface area contributed by atoms with Gasteiger partial charge in [-0.05, 0) is 12.1 Å². The van der Waals surface area contributed by atoms with E-state index < -0.39 is 0 Å². The van der Waals surface area contributed by atoms with Crippen LogP contribution in [0.1, 0.15) is 6.92 Å². The van der Waals surface area contributed by atoms with E-state index in [4.69, 9.17) is 5.73 Å². The van der Waals surface area contributed by atoms with Crippen LogP contribution < -0.4 is 11.1 Å². The van der Waals surface area contributed by atoms with E-state index in [-0.39, 0.29) is 5.91 Å². The van der Waals surface area contributed by atoms with Gasteiger partial charge < -0.3 is 5.32 Å². The summed E-state index contributed by atoms with van der Waals surface area (Å²) in [5.74, 6) is 0.323. The van der Waals surface area contributed by atoms with E-state index in [0.29, 0.717) is 11.5 Å². The second-order valence-electron chi connectivity index (χ2n) is 2.11. The molecule has 57 valence electrons. The first-order chi connectivity index (χ1) is 5.18. The molecule has 0 saturated carbocycles. The van der Waals surface area contributed by atoms with Crippen molar-refractivity contribution in [3.05, 3.63) is 18.3 Å². The lowest BCUT2D eigenvalue weighted by molar-refractivity contribution is -0.114. The predicted octanol–water partition coefficient (Wildman–Crippen LogP) is 0.954. The molecule has 4 nitrogen and oxygen atoms in total. The summed E-state index contributed by atoms with van der Waals surface area (Å²) < 4.78 is 0. The van der Waals surface area contributed by atoms with Crippen LogP contribution in [-0.4, -0.2) is 10.9 Å². The fourth-order valence-corrected chi connectivity index (χ4v) is 0.648. The highest BCUT2D eigenvalue weighted by atomic mass is 16.1. The molecule has 0 spiro atoms. The van der Waals surface area contributed by atoms with Crippen molar-refractivity contribution in [1.29, 1.82) is 0 Å². The Bertz CT molecular complexity index is 255. The Kier molecular flexibility index (Phi) is 2.06. The van der Waals surface area contributed by atoms with Crippen molar-refractivity contribution in [2.45, 2.75) is 6.92 Å². The molecule has 1 aromatic heterocycles. The van der Waals surface area contributed by atoms with Crippen molar-refractivity contribution in [2.75, 3.05) is 5.32 Å². The summed E-state index contributed by atoms with van der Waals surface area (Å²) in [6.45, 7) is 1.41. The number of pyridine rings is 1. The lowest BCUT2D eigenvalue weighted by Gasteiger charge is -1.98. The van der Waals surface area contributed by atoms with E-state index in [0.717, 1.165) is 0 Å². The maximum absolute atomic E-state index is 10.5. The van der Waals surface area contributed by atoms with Gasteiger partial charge in [-0.15, -0.1) is 0 Å². The Balaban J connectivity index is 2.74. The first kappa shape index (κ1) is 7.53. The highest BCUT2D eigenvalue weighted by molar-refractivity contribution is 5.87. The Morgan fingerprint density at radius 1 is 1.64 bits per heavy atom. The quantitative estimate of drug-likeness (QED) is 0.647. The molecule has 0 atom stereocenters. The van der Waals surface area contributed by atoms with Gasteiger partial charge in [0.05, 0.1) is 11.9 Å². The van der Waals surface area contributed by atoms with Gasteiger partial charge in [-0.3, -0.25) is 10.5 Å². The van der Waals surface area contributed by atoms with E-state index in [1.165, 1.54) is 13.1 Å². The number of rotatable bonds is 1. The van der Waals surface area contributed by atoms with Crippen molar-refractivity contribution in [2.24, 2.45) is 0 Å². The van der Waals surface area contributed by atoms with Crippen LogP contribution in [0, 0.1) is 0 Å². The van der Waals surface area contributed by atoms with Gasteiger partial charge in [-0.1, -0.05) is 0 Å². The van der Waals surface area contributed by atoms with Gasteiger partial charge in [0, 0.05) is 6.92 Å². The number of nitrogens with one attached hydrogen (secondary N) is 2. The van der Waals surface area contributed by atoms with Crippen LogP contribution in [0.15, 0.2) is 18.3 Å². The average Bonchev–Trinajstić information content (AvgIpc) is 1.93. The van der Waals surface area contributed by atoms with Crippen LogP contribution in [-0.2, 0) is 4.79 Å². The maximum Gasteiger partial charge on any atom is 0.222 e. The third-order valence-corrected chi connectivity index (χ3v) is 1.07. The summed E-state index contributed by atoms with van der Waals surface area (Å²) in [6.07, 6.45) is 1.38. The summed E-state index contributed by atoms with van der Waals surface area (Å²) in [7, 11) is 0. The molecule has 0 unspecified atom stereocenters. The molecule has 11 heavy (non-hydrogen) atoms. The van der Waals surface area contributed by atoms with Crippen LogP contribution >= 0.6 is 0 Å². The summed E-state index contributed by atoms with van der Waals surface area (Å²) in [6, 6.07) is 3.15. The SMILES string of the molecule is CC(=O)Nc1ccc([NH])cn1. The summed E-state index contributed by atoms with van der Waals surface area (Å²) in [5.41, 5.74) is 7.43. The van der Waals surface area contributed by atoms with Crippen LogP contribution in [0.4, 0.5) is 11.5 Å². The molecule has 0 saturated heterocycles. The monoisotopic (exact) mass is 150 g/mol. The maximum atomic E-state index is 10.5. The molecule has 0 aromatic carbocycles. The van der Waals surface area contributed by atoms with Crippen LogP contribution in [0.2, 0.25) is 0 Å². The topological polar surface area (TPSA) is 65.8 Å². The molecule has 0 fully saturated rings. The molecule has 1 aromatic rings. The molecule has 0 aliphatic rings. The molecular formula is C7H8N3O. The summed E-state index contributed by atoms with van der Waals surface area (Å²) >= 11 is 0. The lowest BCUT2D eigenvalue weighted by Crippen LogP contribution is -2.06. The standard InChI is InChI=1S/C7H8N3O/c1-5(11)10-7-3-2-6(8)4-9-7/h2-4,8H,1H3,(H,9,10,11). The number of carbonyl (C=O) groups is 1. The molecule has 0 aliphatic heterocycles. The largest absolute Gasteiger partial charge is 0.311 e. The number of amides is 1. The molecule has 1 radical (unpaired) electrons. The number of aromatic nitrogens is 1. The Labute approximate surface area is 64.4 Å². The minimum atomic E-state index is -0.157. The predicted molar refractivity (Wildman–Crippen MR) is 41.3 cm³/mol. The van der Waals surface area contributed by atoms with Crippen molar-refractivity contribution in [3.63, 3.8) is 0 Å². The minimum absolute atomic E-state index is 0.157. The average molecular weight is 150 g/mol. The van der Waals surface area contributed by atoms with Gasteiger partial charge in [0.2, 0.25) is 5.91 Å². The molecular weight excluding hydrogens is 142 g/mol. The normalized spacial score (nSPS) is 9.18. The fourth-order valence-electron chi connectivity index (χ4n) is 0.648. The second kappa shape index (κ2) is 3.01. The van der Waals surface area contributed by atoms with Crippen molar-refractivity contribution >= 4 is 17.4 Å². The van der Waals surface area contributed by atoms with Gasteiger partial charge in [0.15, 0.2) is 0 Å². The van der Waals surface area contributed by atoms with Gasteiger partial charge in [0.1, 0.15) is 5.82 Å². The third kappa shape index (κ3) is 2.25. The molecule has 0 bridgehead atoms. The van der Waals surface area contributed by atoms with Crippen molar-refractivity contribution in [1.82, 2.24) is 10.7 Å². The number of hydrogen-bond donors (Lipinski definition) is 1. The highest BCUT2D eigenvalue weighted by Crippen LogP contribution is 2.06. The zero-order valence-electron chi connectivity index (χ0n) is 6.09. The molecule has 0 aliphatic carbocycles. The second-order valence-corrected chi connectivity index (χ2v) is 2.11. The molecule has 1 heterocycles. The van der Waals surface area contributed by atoms with Gasteiger partial charge in [-0.25, -0.2) is 4.98 Å². The summed E-state index contributed by atoms with van der Waals surface area (Å²) in [5, 5.41) is 2.50. The highest BCUT2D eigenvalue weighted by Gasteiger charge is 1.94. The van der Waals surface area contributed by atoms with Gasteiger partial charge in [0.25, 0.3) is 0 Å². The van der Waals surface area contributed by atoms with Crippen LogP contribution in [0.25, 0.3) is 0 Å². The smallest absolute Gasteiger partial charge is 0.222 e. The molecule has 2 N–H and O–H groups in total. The Morgan fingerprint density at radius 2 is 2.36 bits per heavy atom.